The number of phosphoric acid groups is 1. The zero-order valence-electron chi connectivity index (χ0n) is 37.5. The van der Waals surface area contributed by atoms with Crippen LogP contribution < -0.4 is 4.89 Å². The smallest absolute Gasteiger partial charge is 0.306 e. The minimum Gasteiger partial charge on any atom is -0.756 e. The van der Waals surface area contributed by atoms with Gasteiger partial charge in [-0.15, -0.1) is 0 Å². The van der Waals surface area contributed by atoms with E-state index in [1.807, 2.05) is 21.1 Å². The highest BCUT2D eigenvalue weighted by Crippen LogP contribution is 2.38. The van der Waals surface area contributed by atoms with Crippen molar-refractivity contribution in [2.24, 2.45) is 0 Å². The Hall–Kier alpha value is -2.55. The molecule has 2 unspecified atom stereocenters. The van der Waals surface area contributed by atoms with Crippen molar-refractivity contribution in [1.29, 1.82) is 0 Å². The molecule has 0 N–H and O–H groups in total. The van der Waals surface area contributed by atoms with Gasteiger partial charge in [-0.2, -0.15) is 0 Å². The number of ether oxygens (including phenoxy) is 2. The fourth-order valence-corrected chi connectivity index (χ4v) is 6.40. The van der Waals surface area contributed by atoms with Crippen molar-refractivity contribution < 1.29 is 42.1 Å². The first-order chi connectivity index (χ1) is 28.0. The average molecular weight is 834 g/mol. The van der Waals surface area contributed by atoms with Crippen molar-refractivity contribution in [3.63, 3.8) is 0 Å². The zero-order chi connectivity index (χ0) is 42.8. The monoisotopic (exact) mass is 834 g/mol. The lowest BCUT2D eigenvalue weighted by atomic mass is 10.1. The summed E-state index contributed by atoms with van der Waals surface area (Å²) >= 11 is 0. The Balaban J connectivity index is 4.39. The molecule has 0 saturated carbocycles. The molecule has 0 fully saturated rings. The molecular weight excluding hydrogens is 750 g/mol. The quantitative estimate of drug-likeness (QED) is 0.0197. The van der Waals surface area contributed by atoms with Gasteiger partial charge in [-0.25, -0.2) is 0 Å². The van der Waals surface area contributed by atoms with Gasteiger partial charge in [0.25, 0.3) is 7.82 Å². The van der Waals surface area contributed by atoms with E-state index in [-0.39, 0.29) is 26.1 Å². The van der Waals surface area contributed by atoms with Crippen LogP contribution in [0.15, 0.2) is 72.9 Å². The van der Waals surface area contributed by atoms with Crippen molar-refractivity contribution >= 4 is 19.8 Å². The molecule has 10 heteroatoms. The Labute approximate surface area is 355 Å². The molecule has 0 amide bonds. The van der Waals surface area contributed by atoms with Crippen molar-refractivity contribution in [1.82, 2.24) is 0 Å². The first kappa shape index (κ1) is 55.5. The summed E-state index contributed by atoms with van der Waals surface area (Å²) in [5.74, 6) is -0.890. The second kappa shape index (κ2) is 39.9. The van der Waals surface area contributed by atoms with Crippen molar-refractivity contribution in [3.05, 3.63) is 72.9 Å². The third-order valence-corrected chi connectivity index (χ3v) is 10.2. The molecule has 2 atom stereocenters. The summed E-state index contributed by atoms with van der Waals surface area (Å²) in [6.07, 6.45) is 49.3. The number of hydrogen-bond donors (Lipinski definition) is 0. The SMILES string of the molecule is CC/C=C\C/C=C\C/C=C\CCCCCC(=O)OCC(COP(=O)([O-])OCC[N+](C)(C)C)OC(=O)CCCCCCCC/C=C\C/C=C\C/C=C\CCCCCCC. The van der Waals surface area contributed by atoms with Crippen LogP contribution >= 0.6 is 7.82 Å². The first-order valence-electron chi connectivity index (χ1n) is 22.6. The molecule has 0 heterocycles. The van der Waals surface area contributed by atoms with Crippen molar-refractivity contribution in [2.45, 2.75) is 174 Å². The summed E-state index contributed by atoms with van der Waals surface area (Å²) in [6.45, 7) is 4.03. The summed E-state index contributed by atoms with van der Waals surface area (Å²) in [6, 6.07) is 0. The molecule has 334 valence electrons. The van der Waals surface area contributed by atoms with Gasteiger partial charge in [-0.3, -0.25) is 14.2 Å². The van der Waals surface area contributed by atoms with Gasteiger partial charge in [0.15, 0.2) is 6.10 Å². The number of allylic oxidation sites excluding steroid dienone is 12. The Kier molecular flexibility index (Phi) is 38.1. The highest BCUT2D eigenvalue weighted by molar-refractivity contribution is 7.45. The van der Waals surface area contributed by atoms with E-state index in [1.54, 1.807) is 0 Å². The fraction of sp³-hybridized carbons (Fsp3) is 0.708. The fourth-order valence-electron chi connectivity index (χ4n) is 5.67. The summed E-state index contributed by atoms with van der Waals surface area (Å²) in [5.41, 5.74) is 0. The number of carbonyl (C=O) groups excluding carboxylic acids is 2. The number of quaternary nitrogens is 1. The van der Waals surface area contributed by atoms with E-state index in [1.165, 1.54) is 38.5 Å². The number of likely N-dealkylation sites (N-methyl/N-ethyl adjacent to an activating group) is 1. The van der Waals surface area contributed by atoms with Gasteiger partial charge in [-0.1, -0.05) is 145 Å². The Bertz CT molecular complexity index is 1220. The second-order valence-corrected chi connectivity index (χ2v) is 17.4. The highest BCUT2D eigenvalue weighted by Gasteiger charge is 2.21. The number of unbranched alkanes of at least 4 members (excludes halogenated alkanes) is 14. The topological polar surface area (TPSA) is 111 Å². The molecule has 0 saturated heterocycles. The van der Waals surface area contributed by atoms with Gasteiger partial charge in [-0.05, 0) is 83.5 Å². The van der Waals surface area contributed by atoms with Gasteiger partial charge in [0.05, 0.1) is 27.7 Å². The number of esters is 2. The molecule has 9 nitrogen and oxygen atoms in total. The van der Waals surface area contributed by atoms with Gasteiger partial charge < -0.3 is 27.9 Å². The summed E-state index contributed by atoms with van der Waals surface area (Å²) in [7, 11) is 1.13. The summed E-state index contributed by atoms with van der Waals surface area (Å²) < 4.78 is 33.9. The van der Waals surface area contributed by atoms with E-state index >= 15 is 0 Å². The van der Waals surface area contributed by atoms with Crippen LogP contribution in [0.4, 0.5) is 0 Å². The molecular formula is C48H84NO8P. The number of nitrogens with zero attached hydrogens (tertiary/aromatic N) is 1. The van der Waals surface area contributed by atoms with Crippen LogP contribution in [0.3, 0.4) is 0 Å². The lowest BCUT2D eigenvalue weighted by Gasteiger charge is -2.28. The van der Waals surface area contributed by atoms with E-state index in [2.05, 4.69) is 86.8 Å². The third-order valence-electron chi connectivity index (χ3n) is 9.21. The van der Waals surface area contributed by atoms with Crippen LogP contribution in [0.1, 0.15) is 168 Å². The number of phosphoric ester groups is 1. The summed E-state index contributed by atoms with van der Waals surface area (Å²) in [4.78, 5) is 37.5. The Morgan fingerprint density at radius 2 is 0.983 bits per heavy atom. The maximum Gasteiger partial charge on any atom is 0.306 e. The standard InChI is InChI=1S/C48H84NO8P/c1-6-8-10-12-14-16-18-20-21-22-23-24-25-26-27-29-31-33-35-37-39-41-48(51)57-46(45-56-58(52,53)55-43-42-49(3,4)5)44-54-47(50)40-38-36-34-32-30-28-19-17-15-13-11-9-7-2/h9,11,15,17-18,20,22-23,25-26,28,30,46H,6-8,10,12-14,16,19,21,24,27,29,31-45H2,1-5H3/b11-9-,17-15-,20-18-,23-22-,26-25-,30-28-. The van der Waals surface area contributed by atoms with Crippen LogP contribution in [-0.2, 0) is 32.7 Å². The molecule has 0 aromatic carbocycles. The average Bonchev–Trinajstić information content (AvgIpc) is 3.17. The van der Waals surface area contributed by atoms with Crippen LogP contribution in [0.25, 0.3) is 0 Å². The molecule has 0 aromatic heterocycles. The van der Waals surface area contributed by atoms with E-state index in [9.17, 15) is 19.0 Å². The lowest BCUT2D eigenvalue weighted by Crippen LogP contribution is -2.37. The molecule has 0 aliphatic carbocycles. The van der Waals surface area contributed by atoms with Crippen LogP contribution in [0.2, 0.25) is 0 Å². The third kappa shape index (κ3) is 43.0. The largest absolute Gasteiger partial charge is 0.756 e. The van der Waals surface area contributed by atoms with Crippen molar-refractivity contribution in [2.75, 3.05) is 47.5 Å². The number of hydrogen-bond acceptors (Lipinski definition) is 8. The molecule has 0 radical (unpaired) electrons. The molecule has 0 spiro atoms. The van der Waals surface area contributed by atoms with Crippen LogP contribution in [0, 0.1) is 0 Å². The van der Waals surface area contributed by atoms with E-state index in [4.69, 9.17) is 18.5 Å². The van der Waals surface area contributed by atoms with E-state index in [0.717, 1.165) is 89.9 Å². The molecule has 58 heavy (non-hydrogen) atoms. The highest BCUT2D eigenvalue weighted by atomic mass is 31.2. The molecule has 0 aliphatic rings. The number of rotatable bonds is 40. The van der Waals surface area contributed by atoms with Gasteiger partial charge >= 0.3 is 11.9 Å². The van der Waals surface area contributed by atoms with Crippen molar-refractivity contribution in [3.8, 4) is 0 Å². The normalized spacial score (nSPS) is 14.2. The first-order valence-corrected chi connectivity index (χ1v) is 24.1. The summed E-state index contributed by atoms with van der Waals surface area (Å²) in [5, 5.41) is 0. The van der Waals surface area contributed by atoms with Crippen LogP contribution in [-0.4, -0.2) is 70.0 Å². The zero-order valence-corrected chi connectivity index (χ0v) is 38.4. The minimum absolute atomic E-state index is 0.0422. The second-order valence-electron chi connectivity index (χ2n) is 16.0. The predicted octanol–water partition coefficient (Wildman–Crippen LogP) is 12.4. The molecule has 0 aromatic rings. The molecule has 0 bridgehead atoms. The molecule has 0 rings (SSSR count). The van der Waals surface area contributed by atoms with E-state index in [0.29, 0.717) is 23.9 Å². The Morgan fingerprint density at radius 1 is 0.552 bits per heavy atom. The van der Waals surface area contributed by atoms with Gasteiger partial charge in [0.2, 0.25) is 0 Å². The van der Waals surface area contributed by atoms with E-state index < -0.39 is 32.5 Å². The maximum atomic E-state index is 12.7. The lowest BCUT2D eigenvalue weighted by molar-refractivity contribution is -0.870. The Morgan fingerprint density at radius 3 is 1.48 bits per heavy atom. The van der Waals surface area contributed by atoms with Gasteiger partial charge in [0, 0.05) is 12.8 Å². The number of carbonyl (C=O) groups is 2. The minimum atomic E-state index is -4.64. The van der Waals surface area contributed by atoms with Gasteiger partial charge in [0.1, 0.15) is 19.8 Å². The predicted molar refractivity (Wildman–Crippen MR) is 240 cm³/mol. The maximum absolute atomic E-state index is 12.7. The van der Waals surface area contributed by atoms with Crippen LogP contribution in [0.5, 0.6) is 0 Å². The molecule has 0 aliphatic heterocycles.